The summed E-state index contributed by atoms with van der Waals surface area (Å²) in [5.41, 5.74) is 4.73. The van der Waals surface area contributed by atoms with Gasteiger partial charge in [0, 0.05) is 30.3 Å². The predicted molar refractivity (Wildman–Crippen MR) is 114 cm³/mol. The highest BCUT2D eigenvalue weighted by molar-refractivity contribution is 6.09. The van der Waals surface area contributed by atoms with E-state index in [1.54, 1.807) is 11.0 Å². The van der Waals surface area contributed by atoms with Crippen LogP contribution in [-0.4, -0.2) is 23.3 Å². The van der Waals surface area contributed by atoms with E-state index in [4.69, 9.17) is 0 Å². The van der Waals surface area contributed by atoms with E-state index < -0.39 is 0 Å². The molecule has 0 unspecified atom stereocenters. The van der Waals surface area contributed by atoms with Gasteiger partial charge < -0.3 is 10.2 Å². The minimum absolute atomic E-state index is 0.131. The van der Waals surface area contributed by atoms with Crippen LogP contribution in [0.1, 0.15) is 45.2 Å². The quantitative estimate of drug-likeness (QED) is 0.720. The van der Waals surface area contributed by atoms with E-state index in [-0.39, 0.29) is 11.8 Å². The van der Waals surface area contributed by atoms with Crippen LogP contribution in [0.3, 0.4) is 0 Å². The van der Waals surface area contributed by atoms with Crippen molar-refractivity contribution in [2.24, 2.45) is 0 Å². The van der Waals surface area contributed by atoms with Crippen molar-refractivity contribution in [3.63, 3.8) is 0 Å². The Balaban J connectivity index is 1.58. The molecule has 1 aromatic heterocycles. The molecule has 5 heteroatoms. The van der Waals surface area contributed by atoms with Crippen LogP contribution in [0.2, 0.25) is 0 Å². The van der Waals surface area contributed by atoms with Crippen molar-refractivity contribution < 1.29 is 9.59 Å². The maximum Gasteiger partial charge on any atom is 0.259 e. The summed E-state index contributed by atoms with van der Waals surface area (Å²) < 4.78 is 0. The minimum atomic E-state index is -0.271. The second-order valence-electron chi connectivity index (χ2n) is 7.12. The molecule has 0 saturated carbocycles. The van der Waals surface area contributed by atoms with Crippen molar-refractivity contribution in [3.05, 3.63) is 89.2 Å². The molecule has 0 atom stereocenters. The first-order valence-electron chi connectivity index (χ1n) is 9.91. The van der Waals surface area contributed by atoms with E-state index >= 15 is 0 Å². The Morgan fingerprint density at radius 2 is 1.79 bits per heavy atom. The molecule has 29 heavy (non-hydrogen) atoms. The number of carbonyl (C=O) groups excluding carboxylic acids is 2. The fraction of sp³-hybridized carbons (Fsp3) is 0.208. The van der Waals surface area contributed by atoms with Crippen molar-refractivity contribution >= 4 is 23.2 Å². The minimum Gasteiger partial charge on any atom is -0.322 e. The molecule has 1 N–H and O–H groups in total. The molecular weight excluding hydrogens is 362 g/mol. The molecule has 5 nitrogen and oxygen atoms in total. The van der Waals surface area contributed by atoms with E-state index in [9.17, 15) is 9.59 Å². The lowest BCUT2D eigenvalue weighted by Gasteiger charge is -2.29. The van der Waals surface area contributed by atoms with Gasteiger partial charge in [-0.05, 0) is 48.6 Å². The van der Waals surface area contributed by atoms with Gasteiger partial charge in [0.15, 0.2) is 0 Å². The zero-order valence-electron chi connectivity index (χ0n) is 16.4. The van der Waals surface area contributed by atoms with Crippen LogP contribution >= 0.6 is 0 Å². The second kappa shape index (κ2) is 8.27. The fourth-order valence-electron chi connectivity index (χ4n) is 3.73. The van der Waals surface area contributed by atoms with E-state index in [1.165, 1.54) is 18.0 Å². The average molecular weight is 385 g/mol. The zero-order chi connectivity index (χ0) is 20.2. The fourth-order valence-corrected chi connectivity index (χ4v) is 3.73. The van der Waals surface area contributed by atoms with Gasteiger partial charge in [-0.3, -0.25) is 14.6 Å². The second-order valence-corrected chi connectivity index (χ2v) is 7.12. The zero-order valence-corrected chi connectivity index (χ0v) is 16.4. The van der Waals surface area contributed by atoms with Crippen molar-refractivity contribution in [1.82, 2.24) is 4.98 Å². The van der Waals surface area contributed by atoms with Gasteiger partial charge >= 0.3 is 0 Å². The molecule has 4 rings (SSSR count). The van der Waals surface area contributed by atoms with Crippen molar-refractivity contribution in [3.8, 4) is 0 Å². The van der Waals surface area contributed by atoms with Gasteiger partial charge in [-0.1, -0.05) is 43.3 Å². The lowest BCUT2D eigenvalue weighted by molar-refractivity contribution is 0.0984. The highest BCUT2D eigenvalue weighted by Crippen LogP contribution is 2.28. The average Bonchev–Trinajstić information content (AvgIpc) is 2.78. The first kappa shape index (κ1) is 18.9. The molecule has 146 valence electrons. The molecule has 0 bridgehead atoms. The number of nitrogens with zero attached hydrogens (tertiary/aromatic N) is 2. The Bertz CT molecular complexity index is 1060. The summed E-state index contributed by atoms with van der Waals surface area (Å²) in [4.78, 5) is 31.8. The number of nitrogens with one attached hydrogen (secondary N) is 1. The Kier molecular flexibility index (Phi) is 5.38. The molecule has 1 aliphatic rings. The molecule has 2 heterocycles. The van der Waals surface area contributed by atoms with Crippen LogP contribution in [-0.2, 0) is 12.8 Å². The Morgan fingerprint density at radius 1 is 1.03 bits per heavy atom. The lowest BCUT2D eigenvalue weighted by Crippen LogP contribution is -2.35. The first-order valence-corrected chi connectivity index (χ1v) is 9.91. The molecule has 0 radical (unpaired) electrons. The van der Waals surface area contributed by atoms with E-state index in [2.05, 4.69) is 16.4 Å². The van der Waals surface area contributed by atoms with Crippen LogP contribution in [0.4, 0.5) is 11.4 Å². The molecular formula is C24H23N3O2. The maximum absolute atomic E-state index is 13.2. The number of fused-ring (bicyclic) bond motifs is 1. The number of para-hydroxylation sites is 2. The number of aromatic nitrogens is 1. The number of hydrogen-bond donors (Lipinski definition) is 1. The monoisotopic (exact) mass is 385 g/mol. The largest absolute Gasteiger partial charge is 0.322 e. The Labute approximate surface area is 170 Å². The van der Waals surface area contributed by atoms with E-state index in [0.29, 0.717) is 17.7 Å². The molecule has 2 aromatic carbocycles. The smallest absolute Gasteiger partial charge is 0.259 e. The lowest BCUT2D eigenvalue weighted by atomic mass is 10.0. The van der Waals surface area contributed by atoms with Crippen LogP contribution < -0.4 is 10.2 Å². The van der Waals surface area contributed by atoms with Gasteiger partial charge in [-0.2, -0.15) is 0 Å². The number of hydrogen-bond acceptors (Lipinski definition) is 3. The number of pyridine rings is 1. The Morgan fingerprint density at radius 3 is 2.66 bits per heavy atom. The summed E-state index contributed by atoms with van der Waals surface area (Å²) in [5.74, 6) is -0.402. The van der Waals surface area contributed by atoms with Crippen LogP contribution in [0.5, 0.6) is 0 Å². The third-order valence-corrected chi connectivity index (χ3v) is 5.25. The van der Waals surface area contributed by atoms with E-state index in [0.717, 1.165) is 36.2 Å². The normalized spacial score (nSPS) is 12.9. The molecule has 0 fully saturated rings. The summed E-state index contributed by atoms with van der Waals surface area (Å²) in [6.07, 6.45) is 5.73. The third kappa shape index (κ3) is 3.90. The molecule has 0 saturated heterocycles. The van der Waals surface area contributed by atoms with Crippen molar-refractivity contribution in [2.75, 3.05) is 16.8 Å². The highest BCUT2D eigenvalue weighted by atomic mass is 16.2. The topological polar surface area (TPSA) is 62.3 Å². The predicted octanol–water partition coefficient (Wildman–Crippen LogP) is 4.49. The van der Waals surface area contributed by atoms with Gasteiger partial charge in [-0.25, -0.2) is 0 Å². The third-order valence-electron chi connectivity index (χ3n) is 5.25. The summed E-state index contributed by atoms with van der Waals surface area (Å²) in [6.45, 7) is 2.71. The van der Waals surface area contributed by atoms with Crippen LogP contribution in [0.25, 0.3) is 0 Å². The van der Waals surface area contributed by atoms with Gasteiger partial charge in [0.25, 0.3) is 11.8 Å². The van der Waals surface area contributed by atoms with Gasteiger partial charge in [0.2, 0.25) is 0 Å². The number of anilines is 2. The number of benzene rings is 2. The number of amides is 2. The molecule has 0 aliphatic carbocycles. The summed E-state index contributed by atoms with van der Waals surface area (Å²) >= 11 is 0. The molecule has 0 spiro atoms. The first-order chi connectivity index (χ1) is 14.2. The van der Waals surface area contributed by atoms with Crippen molar-refractivity contribution in [2.45, 2.75) is 26.2 Å². The Hall–Kier alpha value is -3.47. The standard InChI is InChI=1S/C24H23N3O2/c1-2-17-8-3-5-11-21(17)26-23(28)19-14-20(16-25-15-19)24(29)27-13-7-10-18-9-4-6-12-22(18)27/h3-6,8-9,11-12,14-16H,2,7,10,13H2,1H3,(H,26,28). The van der Waals surface area contributed by atoms with Gasteiger partial charge in [0.1, 0.15) is 0 Å². The highest BCUT2D eigenvalue weighted by Gasteiger charge is 2.24. The van der Waals surface area contributed by atoms with Crippen LogP contribution in [0.15, 0.2) is 67.0 Å². The molecule has 3 aromatic rings. The maximum atomic E-state index is 13.2. The van der Waals surface area contributed by atoms with E-state index in [1.807, 2.05) is 49.4 Å². The number of rotatable bonds is 4. The van der Waals surface area contributed by atoms with Crippen molar-refractivity contribution in [1.29, 1.82) is 0 Å². The number of carbonyl (C=O) groups is 2. The summed E-state index contributed by atoms with van der Waals surface area (Å²) in [7, 11) is 0. The molecule has 2 amide bonds. The summed E-state index contributed by atoms with van der Waals surface area (Å²) in [5, 5.41) is 2.94. The SMILES string of the molecule is CCc1ccccc1NC(=O)c1cncc(C(=O)N2CCCc3ccccc32)c1. The number of aryl methyl sites for hydroxylation is 2. The van der Waals surface area contributed by atoms with Gasteiger partial charge in [-0.15, -0.1) is 0 Å². The molecule has 1 aliphatic heterocycles. The van der Waals surface area contributed by atoms with Crippen LogP contribution in [0, 0.1) is 0 Å². The van der Waals surface area contributed by atoms with Gasteiger partial charge in [0.05, 0.1) is 11.1 Å². The summed E-state index contributed by atoms with van der Waals surface area (Å²) in [6, 6.07) is 17.3.